The molecule has 0 amide bonds. The third kappa shape index (κ3) is 2.92. The smallest absolute Gasteiger partial charge is 0.101 e. The minimum atomic E-state index is 0.213. The van der Waals surface area contributed by atoms with Crippen molar-refractivity contribution >= 4 is 34.3 Å². The van der Waals surface area contributed by atoms with Gasteiger partial charge in [0.15, 0.2) is 0 Å². The molecule has 0 radical (unpaired) electrons. The Bertz CT molecular complexity index is 860. The largest absolute Gasteiger partial charge is 0.397 e. The molecule has 0 unspecified atom stereocenters. The topological polar surface area (TPSA) is 69.9 Å². The SMILES string of the molecule is Cc1ccc2cc(Cn3ccc(N)c3/C=C(\N)Cl)ccc2n1. The predicted molar refractivity (Wildman–Crippen MR) is 92.4 cm³/mol. The number of pyridine rings is 1. The van der Waals surface area contributed by atoms with Crippen molar-refractivity contribution in [2.45, 2.75) is 13.5 Å². The molecule has 1 aromatic carbocycles. The van der Waals surface area contributed by atoms with E-state index < -0.39 is 0 Å². The molecule has 0 spiro atoms. The van der Waals surface area contributed by atoms with Crippen LogP contribution in [0.25, 0.3) is 17.0 Å². The first kappa shape index (κ1) is 14.5. The zero-order chi connectivity index (χ0) is 15.7. The maximum absolute atomic E-state index is 5.96. The fraction of sp³-hybridized carbons (Fsp3) is 0.118. The van der Waals surface area contributed by atoms with E-state index in [0.29, 0.717) is 12.2 Å². The first-order chi connectivity index (χ1) is 10.5. The second-order valence-electron chi connectivity index (χ2n) is 5.29. The van der Waals surface area contributed by atoms with E-state index in [1.165, 1.54) is 0 Å². The number of anilines is 1. The van der Waals surface area contributed by atoms with Crippen LogP contribution in [0.15, 0.2) is 47.8 Å². The van der Waals surface area contributed by atoms with E-state index in [-0.39, 0.29) is 5.16 Å². The van der Waals surface area contributed by atoms with Gasteiger partial charge in [-0.1, -0.05) is 23.7 Å². The number of aryl methyl sites for hydroxylation is 1. The van der Waals surface area contributed by atoms with Gasteiger partial charge in [0.05, 0.1) is 16.9 Å². The minimum Gasteiger partial charge on any atom is -0.397 e. The summed E-state index contributed by atoms with van der Waals surface area (Å²) >= 11 is 5.77. The third-order valence-electron chi connectivity index (χ3n) is 3.56. The van der Waals surface area contributed by atoms with Crippen molar-refractivity contribution < 1.29 is 0 Å². The van der Waals surface area contributed by atoms with E-state index in [9.17, 15) is 0 Å². The van der Waals surface area contributed by atoms with Gasteiger partial charge in [-0.3, -0.25) is 4.98 Å². The van der Waals surface area contributed by atoms with Crippen LogP contribution in [0, 0.1) is 6.92 Å². The average molecular weight is 313 g/mol. The molecule has 0 fully saturated rings. The van der Waals surface area contributed by atoms with Gasteiger partial charge in [0.1, 0.15) is 5.16 Å². The fourth-order valence-electron chi connectivity index (χ4n) is 2.51. The Balaban J connectivity index is 1.97. The first-order valence-corrected chi connectivity index (χ1v) is 7.34. The molecule has 4 nitrogen and oxygen atoms in total. The van der Waals surface area contributed by atoms with E-state index in [1.54, 1.807) is 6.08 Å². The van der Waals surface area contributed by atoms with Gasteiger partial charge in [-0.05, 0) is 42.8 Å². The highest BCUT2D eigenvalue weighted by Gasteiger charge is 2.06. The molecule has 0 saturated heterocycles. The number of hydrogen-bond acceptors (Lipinski definition) is 3. The van der Waals surface area contributed by atoms with Crippen molar-refractivity contribution in [3.8, 4) is 0 Å². The monoisotopic (exact) mass is 312 g/mol. The highest BCUT2D eigenvalue weighted by atomic mass is 35.5. The zero-order valence-corrected chi connectivity index (χ0v) is 13.0. The predicted octanol–water partition coefficient (Wildman–Crippen LogP) is 3.47. The van der Waals surface area contributed by atoms with Crippen LogP contribution in [0.5, 0.6) is 0 Å². The molecule has 0 bridgehead atoms. The van der Waals surface area contributed by atoms with Gasteiger partial charge >= 0.3 is 0 Å². The van der Waals surface area contributed by atoms with Crippen molar-refractivity contribution in [2.24, 2.45) is 5.73 Å². The zero-order valence-electron chi connectivity index (χ0n) is 12.3. The second-order valence-corrected chi connectivity index (χ2v) is 5.73. The molecule has 0 aliphatic heterocycles. The molecule has 5 heteroatoms. The van der Waals surface area contributed by atoms with Gasteiger partial charge in [-0.15, -0.1) is 0 Å². The van der Waals surface area contributed by atoms with Gasteiger partial charge in [0, 0.05) is 23.8 Å². The molecule has 4 N–H and O–H groups in total. The number of nitrogens with two attached hydrogens (primary N) is 2. The van der Waals surface area contributed by atoms with Crippen molar-refractivity contribution in [1.82, 2.24) is 9.55 Å². The Labute approximate surface area is 134 Å². The Hall–Kier alpha value is -2.46. The molecule has 3 rings (SSSR count). The number of hydrogen-bond donors (Lipinski definition) is 2. The lowest BCUT2D eigenvalue weighted by atomic mass is 10.1. The first-order valence-electron chi connectivity index (χ1n) is 6.96. The van der Waals surface area contributed by atoms with E-state index in [2.05, 4.69) is 23.2 Å². The molecule has 0 atom stereocenters. The molecule has 3 aromatic rings. The van der Waals surface area contributed by atoms with Crippen molar-refractivity contribution in [2.75, 3.05) is 5.73 Å². The number of fused-ring (bicyclic) bond motifs is 1. The maximum Gasteiger partial charge on any atom is 0.101 e. The highest BCUT2D eigenvalue weighted by Crippen LogP contribution is 2.20. The third-order valence-corrected chi connectivity index (χ3v) is 3.67. The highest BCUT2D eigenvalue weighted by molar-refractivity contribution is 6.30. The summed E-state index contributed by atoms with van der Waals surface area (Å²) in [5.74, 6) is 0. The summed E-state index contributed by atoms with van der Waals surface area (Å²) in [6.07, 6.45) is 3.60. The normalized spacial score (nSPS) is 12.0. The lowest BCUT2D eigenvalue weighted by Gasteiger charge is -2.09. The number of halogens is 1. The lowest BCUT2D eigenvalue weighted by Crippen LogP contribution is -2.03. The number of nitrogens with zero attached hydrogens (tertiary/aromatic N) is 2. The van der Waals surface area contributed by atoms with Gasteiger partial charge in [0.25, 0.3) is 0 Å². The summed E-state index contributed by atoms with van der Waals surface area (Å²) in [4.78, 5) is 4.51. The van der Waals surface area contributed by atoms with E-state index >= 15 is 0 Å². The molecular weight excluding hydrogens is 296 g/mol. The number of rotatable bonds is 3. The van der Waals surface area contributed by atoms with E-state index in [4.69, 9.17) is 23.1 Å². The number of benzene rings is 1. The molecule has 0 aliphatic carbocycles. The molecule has 0 saturated carbocycles. The summed E-state index contributed by atoms with van der Waals surface area (Å²) in [6.45, 7) is 2.68. The summed E-state index contributed by atoms with van der Waals surface area (Å²) in [5, 5.41) is 1.34. The van der Waals surface area contributed by atoms with E-state index in [0.717, 1.165) is 27.9 Å². The molecule has 112 valence electrons. The van der Waals surface area contributed by atoms with Crippen LogP contribution in [-0.4, -0.2) is 9.55 Å². The quantitative estimate of drug-likeness (QED) is 0.727. The van der Waals surface area contributed by atoms with Crippen molar-refractivity contribution in [1.29, 1.82) is 0 Å². The van der Waals surface area contributed by atoms with Gasteiger partial charge in [0.2, 0.25) is 0 Å². The summed E-state index contributed by atoms with van der Waals surface area (Å²) in [6, 6.07) is 12.2. The number of aromatic nitrogens is 2. The van der Waals surface area contributed by atoms with Crippen molar-refractivity contribution in [3.63, 3.8) is 0 Å². The lowest BCUT2D eigenvalue weighted by molar-refractivity contribution is 0.799. The van der Waals surface area contributed by atoms with Crippen LogP contribution in [-0.2, 0) is 6.54 Å². The van der Waals surface area contributed by atoms with Crippen molar-refractivity contribution in [3.05, 3.63) is 64.7 Å². The molecule has 0 aliphatic rings. The fourth-order valence-corrected chi connectivity index (χ4v) is 2.61. The van der Waals surface area contributed by atoms with Crippen LogP contribution < -0.4 is 11.5 Å². The number of nitrogen functional groups attached to an aromatic ring is 1. The van der Waals surface area contributed by atoms with Gasteiger partial charge in [-0.25, -0.2) is 0 Å². The standard InChI is InChI=1S/C17H17ClN4/c1-11-2-4-13-8-12(3-5-15(13)21-11)10-22-7-6-14(19)16(22)9-17(18)20/h2-9H,10,19-20H2,1H3/b17-9-. The Morgan fingerprint density at radius 2 is 2.09 bits per heavy atom. The Kier molecular flexibility index (Phi) is 3.77. The molecule has 2 aromatic heterocycles. The van der Waals surface area contributed by atoms with Crippen LogP contribution in [0.4, 0.5) is 5.69 Å². The molecular formula is C17H17ClN4. The van der Waals surface area contributed by atoms with Crippen LogP contribution >= 0.6 is 11.6 Å². The molecule has 22 heavy (non-hydrogen) atoms. The van der Waals surface area contributed by atoms with E-state index in [1.807, 2.05) is 35.9 Å². The maximum atomic E-state index is 5.96. The average Bonchev–Trinajstić information content (AvgIpc) is 2.80. The summed E-state index contributed by atoms with van der Waals surface area (Å²) in [7, 11) is 0. The summed E-state index contributed by atoms with van der Waals surface area (Å²) in [5.41, 5.74) is 16.2. The Morgan fingerprint density at radius 3 is 2.86 bits per heavy atom. The van der Waals surface area contributed by atoms with Crippen LogP contribution in [0.2, 0.25) is 0 Å². The second kappa shape index (κ2) is 5.73. The van der Waals surface area contributed by atoms with Gasteiger partial charge < -0.3 is 16.0 Å². The Morgan fingerprint density at radius 1 is 1.27 bits per heavy atom. The van der Waals surface area contributed by atoms with Crippen LogP contribution in [0.3, 0.4) is 0 Å². The van der Waals surface area contributed by atoms with Crippen LogP contribution in [0.1, 0.15) is 17.0 Å². The minimum absolute atomic E-state index is 0.213. The summed E-state index contributed by atoms with van der Waals surface area (Å²) < 4.78 is 2.02. The molecule has 2 heterocycles. The van der Waals surface area contributed by atoms with Gasteiger partial charge in [-0.2, -0.15) is 0 Å².